The molecule has 0 radical (unpaired) electrons. The summed E-state index contributed by atoms with van der Waals surface area (Å²) in [6, 6.07) is 21.3. The Bertz CT molecular complexity index is 1140. The number of nitrogen functional groups attached to an aromatic ring is 1. The molecule has 0 atom stereocenters. The van der Waals surface area contributed by atoms with E-state index in [2.05, 4.69) is 34.3 Å². The first-order chi connectivity index (χ1) is 15.6. The van der Waals surface area contributed by atoms with Gasteiger partial charge in [0.1, 0.15) is 6.61 Å². The van der Waals surface area contributed by atoms with Gasteiger partial charge in [-0.15, -0.1) is 0 Å². The molecule has 162 valence electrons. The fraction of sp³-hybridized carbons (Fsp3) is 0.154. The first-order valence-corrected chi connectivity index (χ1v) is 10.3. The van der Waals surface area contributed by atoms with E-state index in [-0.39, 0.29) is 19.1 Å². The van der Waals surface area contributed by atoms with E-state index in [1.165, 1.54) is 29.4 Å². The molecule has 1 aliphatic rings. The fourth-order valence-electron chi connectivity index (χ4n) is 3.95. The summed E-state index contributed by atoms with van der Waals surface area (Å²) >= 11 is 0. The predicted molar refractivity (Wildman–Crippen MR) is 124 cm³/mol. The summed E-state index contributed by atoms with van der Waals surface area (Å²) in [7, 11) is 1.32. The van der Waals surface area contributed by atoms with Gasteiger partial charge in [-0.3, -0.25) is 0 Å². The van der Waals surface area contributed by atoms with E-state index >= 15 is 0 Å². The van der Waals surface area contributed by atoms with E-state index in [0.29, 0.717) is 11.3 Å². The number of alkyl carbamates (subject to hydrolysis) is 1. The molecule has 4 rings (SSSR count). The van der Waals surface area contributed by atoms with Gasteiger partial charge in [-0.05, 0) is 39.9 Å². The molecule has 0 saturated heterocycles. The Labute approximate surface area is 186 Å². The van der Waals surface area contributed by atoms with Crippen molar-refractivity contribution >= 4 is 23.8 Å². The van der Waals surface area contributed by atoms with Crippen LogP contribution in [0.1, 0.15) is 33.0 Å². The standard InChI is InChI=1S/C26H24N2O4/c1-31-25(29)18-13-12-17(24(27)15-18)7-6-14-28-26(30)32-16-23-21-10-4-2-8-19(21)20-9-3-5-11-22(20)23/h2-13,15,23H,14,16,27H2,1H3,(H,28,30). The first-order valence-electron chi connectivity index (χ1n) is 10.3. The largest absolute Gasteiger partial charge is 0.465 e. The van der Waals surface area contributed by atoms with Crippen molar-refractivity contribution in [2.75, 3.05) is 26.0 Å². The number of carbonyl (C=O) groups is 2. The van der Waals surface area contributed by atoms with E-state index in [0.717, 1.165) is 5.56 Å². The molecule has 3 aromatic rings. The average molecular weight is 428 g/mol. The number of nitrogens with two attached hydrogens (primary N) is 1. The lowest BCUT2D eigenvalue weighted by atomic mass is 9.98. The van der Waals surface area contributed by atoms with Gasteiger partial charge in [-0.2, -0.15) is 0 Å². The third kappa shape index (κ3) is 4.34. The summed E-state index contributed by atoms with van der Waals surface area (Å²) in [6.07, 6.45) is 3.07. The molecule has 0 spiro atoms. The van der Waals surface area contributed by atoms with Gasteiger partial charge in [-0.25, -0.2) is 9.59 Å². The molecule has 6 heteroatoms. The van der Waals surface area contributed by atoms with Crippen LogP contribution in [0.15, 0.2) is 72.8 Å². The highest BCUT2D eigenvalue weighted by Gasteiger charge is 2.28. The van der Waals surface area contributed by atoms with Crippen molar-refractivity contribution in [2.24, 2.45) is 0 Å². The van der Waals surface area contributed by atoms with Gasteiger partial charge < -0.3 is 20.5 Å². The molecule has 3 aromatic carbocycles. The van der Waals surface area contributed by atoms with Crippen LogP contribution < -0.4 is 11.1 Å². The molecule has 0 aromatic heterocycles. The van der Waals surface area contributed by atoms with E-state index in [4.69, 9.17) is 10.5 Å². The number of amides is 1. The molecule has 0 aliphatic heterocycles. The van der Waals surface area contributed by atoms with Gasteiger partial charge in [0.25, 0.3) is 0 Å². The van der Waals surface area contributed by atoms with Crippen LogP contribution in [0.25, 0.3) is 17.2 Å². The van der Waals surface area contributed by atoms with Gasteiger partial charge in [0.15, 0.2) is 0 Å². The molecule has 1 amide bonds. The first kappa shape index (κ1) is 21.2. The monoisotopic (exact) mass is 428 g/mol. The molecule has 0 saturated carbocycles. The minimum atomic E-state index is -0.481. The Morgan fingerprint density at radius 1 is 1.00 bits per heavy atom. The third-order valence-electron chi connectivity index (χ3n) is 5.51. The zero-order valence-corrected chi connectivity index (χ0v) is 17.7. The number of nitrogens with one attached hydrogen (secondary N) is 1. The number of methoxy groups -OCH3 is 1. The number of fused-ring (bicyclic) bond motifs is 3. The smallest absolute Gasteiger partial charge is 0.407 e. The number of carbonyl (C=O) groups excluding carboxylic acids is 2. The van der Waals surface area contributed by atoms with Crippen LogP contribution in [0.2, 0.25) is 0 Å². The Hall–Kier alpha value is -4.06. The molecular weight excluding hydrogens is 404 g/mol. The van der Waals surface area contributed by atoms with Crippen LogP contribution in [0, 0.1) is 0 Å². The highest BCUT2D eigenvalue weighted by atomic mass is 16.5. The maximum atomic E-state index is 12.2. The maximum Gasteiger partial charge on any atom is 0.407 e. The Kier molecular flexibility index (Phi) is 6.22. The van der Waals surface area contributed by atoms with E-state index in [1.54, 1.807) is 30.4 Å². The maximum absolute atomic E-state index is 12.2. The summed E-state index contributed by atoms with van der Waals surface area (Å²) in [5, 5.41) is 2.72. The van der Waals surface area contributed by atoms with Crippen LogP contribution in [0.4, 0.5) is 10.5 Å². The number of esters is 1. The van der Waals surface area contributed by atoms with Gasteiger partial charge in [0.2, 0.25) is 0 Å². The van der Waals surface area contributed by atoms with Crippen LogP contribution in [0.5, 0.6) is 0 Å². The normalized spacial score (nSPS) is 12.3. The minimum Gasteiger partial charge on any atom is -0.465 e. The summed E-state index contributed by atoms with van der Waals surface area (Å²) in [4.78, 5) is 23.8. The van der Waals surface area contributed by atoms with Crippen molar-refractivity contribution in [1.82, 2.24) is 5.32 Å². The second-order valence-electron chi connectivity index (χ2n) is 7.44. The number of anilines is 1. The highest BCUT2D eigenvalue weighted by Crippen LogP contribution is 2.44. The number of hydrogen-bond acceptors (Lipinski definition) is 5. The van der Waals surface area contributed by atoms with Crippen molar-refractivity contribution in [3.63, 3.8) is 0 Å². The lowest BCUT2D eigenvalue weighted by Crippen LogP contribution is -2.26. The number of benzene rings is 3. The van der Waals surface area contributed by atoms with Crippen molar-refractivity contribution in [2.45, 2.75) is 5.92 Å². The second kappa shape index (κ2) is 9.39. The highest BCUT2D eigenvalue weighted by molar-refractivity contribution is 5.91. The van der Waals surface area contributed by atoms with Crippen LogP contribution in [-0.4, -0.2) is 32.3 Å². The molecule has 0 fully saturated rings. The molecule has 6 nitrogen and oxygen atoms in total. The minimum absolute atomic E-state index is 0.0248. The van der Waals surface area contributed by atoms with Gasteiger partial charge in [0.05, 0.1) is 12.7 Å². The molecular formula is C26H24N2O4. The lowest BCUT2D eigenvalue weighted by Gasteiger charge is -2.14. The summed E-state index contributed by atoms with van der Waals surface area (Å²) in [5.74, 6) is -0.416. The Balaban J connectivity index is 1.31. The third-order valence-corrected chi connectivity index (χ3v) is 5.51. The molecule has 3 N–H and O–H groups in total. The van der Waals surface area contributed by atoms with E-state index in [1.807, 2.05) is 24.3 Å². The summed E-state index contributed by atoms with van der Waals surface area (Å²) in [6.45, 7) is 0.556. The topological polar surface area (TPSA) is 90.6 Å². The number of rotatable bonds is 6. The van der Waals surface area contributed by atoms with Gasteiger partial charge in [0, 0.05) is 18.2 Å². The zero-order valence-electron chi connectivity index (χ0n) is 17.7. The lowest BCUT2D eigenvalue weighted by molar-refractivity contribution is 0.0600. The van der Waals surface area contributed by atoms with Crippen molar-refractivity contribution < 1.29 is 19.1 Å². The van der Waals surface area contributed by atoms with E-state index in [9.17, 15) is 9.59 Å². The van der Waals surface area contributed by atoms with Crippen molar-refractivity contribution in [3.8, 4) is 11.1 Å². The zero-order chi connectivity index (χ0) is 22.5. The Morgan fingerprint density at radius 2 is 1.66 bits per heavy atom. The molecule has 0 heterocycles. The van der Waals surface area contributed by atoms with Crippen LogP contribution in [-0.2, 0) is 9.47 Å². The number of ether oxygens (including phenoxy) is 2. The van der Waals surface area contributed by atoms with Crippen LogP contribution >= 0.6 is 0 Å². The molecule has 1 aliphatic carbocycles. The molecule has 0 bridgehead atoms. The van der Waals surface area contributed by atoms with Crippen molar-refractivity contribution in [1.29, 1.82) is 0 Å². The van der Waals surface area contributed by atoms with E-state index < -0.39 is 12.1 Å². The molecule has 32 heavy (non-hydrogen) atoms. The Morgan fingerprint density at radius 3 is 2.28 bits per heavy atom. The number of hydrogen-bond donors (Lipinski definition) is 2. The predicted octanol–water partition coefficient (Wildman–Crippen LogP) is 4.61. The van der Waals surface area contributed by atoms with Gasteiger partial charge in [-0.1, -0.05) is 66.7 Å². The van der Waals surface area contributed by atoms with Crippen molar-refractivity contribution in [3.05, 3.63) is 95.1 Å². The SMILES string of the molecule is COC(=O)c1ccc(C=CCNC(=O)OCC2c3ccccc3-c3ccccc32)c(N)c1. The fourth-order valence-corrected chi connectivity index (χ4v) is 3.95. The quantitative estimate of drug-likeness (QED) is 0.442. The summed E-state index contributed by atoms with van der Waals surface area (Å²) in [5.41, 5.74) is 12.3. The van der Waals surface area contributed by atoms with Crippen LogP contribution in [0.3, 0.4) is 0 Å². The second-order valence-corrected chi connectivity index (χ2v) is 7.44. The summed E-state index contributed by atoms with van der Waals surface area (Å²) < 4.78 is 10.2. The van der Waals surface area contributed by atoms with Gasteiger partial charge >= 0.3 is 12.1 Å². The average Bonchev–Trinajstić information content (AvgIpc) is 3.14. The molecule has 0 unspecified atom stereocenters.